The molecule has 2 unspecified atom stereocenters. The van der Waals surface area contributed by atoms with E-state index in [1.807, 2.05) is 6.92 Å². The SMILES string of the molecule is Cc1noc2c1CCN(C(=O)NCC1(C)CC(N=C=O)CC(C)(C)C1)C2. The molecular formula is C19H28N4O3. The molecule has 142 valence electrons. The zero-order valence-corrected chi connectivity index (χ0v) is 16.1. The summed E-state index contributed by atoms with van der Waals surface area (Å²) in [5, 5.41) is 7.07. The van der Waals surface area contributed by atoms with Gasteiger partial charge in [-0.15, -0.1) is 0 Å². The van der Waals surface area contributed by atoms with Crippen LogP contribution in [0.3, 0.4) is 0 Å². The number of amides is 2. The Balaban J connectivity index is 1.60. The smallest absolute Gasteiger partial charge is 0.317 e. The fourth-order valence-electron chi connectivity index (χ4n) is 4.83. The molecule has 1 fully saturated rings. The number of rotatable bonds is 3. The molecule has 0 radical (unpaired) electrons. The summed E-state index contributed by atoms with van der Waals surface area (Å²) < 4.78 is 5.33. The van der Waals surface area contributed by atoms with E-state index in [9.17, 15) is 9.59 Å². The van der Waals surface area contributed by atoms with E-state index in [1.165, 1.54) is 0 Å². The van der Waals surface area contributed by atoms with Crippen LogP contribution in [0.4, 0.5) is 4.79 Å². The van der Waals surface area contributed by atoms with Crippen molar-refractivity contribution in [1.29, 1.82) is 0 Å². The molecule has 0 aromatic carbocycles. The van der Waals surface area contributed by atoms with Gasteiger partial charge >= 0.3 is 6.03 Å². The van der Waals surface area contributed by atoms with Crippen molar-refractivity contribution in [2.45, 2.75) is 66.0 Å². The van der Waals surface area contributed by atoms with Gasteiger partial charge in [-0.05, 0) is 43.4 Å². The molecule has 1 saturated carbocycles. The standard InChI is InChI=1S/C19H28N4O3/c1-13-15-5-6-23(9-16(15)26-22-13)17(25)20-11-19(4)8-14(21-12-24)7-18(2,3)10-19/h14H,5-11H2,1-4H3,(H,20,25). The highest BCUT2D eigenvalue weighted by Crippen LogP contribution is 2.46. The summed E-state index contributed by atoms with van der Waals surface area (Å²) in [5.74, 6) is 0.786. The number of aryl methyl sites for hydroxylation is 1. The number of aromatic nitrogens is 1. The van der Waals surface area contributed by atoms with Crippen molar-refractivity contribution in [3.63, 3.8) is 0 Å². The Labute approximate surface area is 154 Å². The van der Waals surface area contributed by atoms with Gasteiger partial charge in [0.2, 0.25) is 6.08 Å². The van der Waals surface area contributed by atoms with Crippen molar-refractivity contribution in [1.82, 2.24) is 15.4 Å². The first-order valence-electron chi connectivity index (χ1n) is 9.25. The first kappa shape index (κ1) is 18.6. The molecule has 2 heterocycles. The van der Waals surface area contributed by atoms with E-state index in [2.05, 4.69) is 36.2 Å². The molecule has 1 aromatic rings. The normalized spacial score (nSPS) is 27.4. The average molecular weight is 360 g/mol. The second kappa shape index (κ2) is 6.88. The number of isocyanates is 1. The van der Waals surface area contributed by atoms with Crippen molar-refractivity contribution >= 4 is 12.1 Å². The summed E-state index contributed by atoms with van der Waals surface area (Å²) in [4.78, 5) is 29.1. The van der Waals surface area contributed by atoms with Gasteiger partial charge in [0.25, 0.3) is 0 Å². The van der Waals surface area contributed by atoms with Crippen LogP contribution in [-0.4, -0.2) is 41.3 Å². The number of hydrogen-bond donors (Lipinski definition) is 1. The highest BCUT2D eigenvalue weighted by Gasteiger charge is 2.41. The zero-order chi connectivity index (χ0) is 18.9. The van der Waals surface area contributed by atoms with Crippen LogP contribution in [0.1, 0.15) is 57.1 Å². The van der Waals surface area contributed by atoms with Gasteiger partial charge in [0.15, 0.2) is 5.76 Å². The third-order valence-electron chi connectivity index (χ3n) is 5.64. The van der Waals surface area contributed by atoms with Crippen LogP contribution in [0.25, 0.3) is 0 Å². The number of hydrogen-bond acceptors (Lipinski definition) is 5. The van der Waals surface area contributed by atoms with E-state index < -0.39 is 0 Å². The number of nitrogens with zero attached hydrogens (tertiary/aromatic N) is 3. The van der Waals surface area contributed by atoms with Gasteiger partial charge in [-0.25, -0.2) is 14.6 Å². The number of nitrogens with one attached hydrogen (secondary N) is 1. The number of fused-ring (bicyclic) bond motifs is 1. The van der Waals surface area contributed by atoms with E-state index in [0.29, 0.717) is 19.6 Å². The second-order valence-corrected chi connectivity index (χ2v) is 8.93. The topological polar surface area (TPSA) is 87.8 Å². The van der Waals surface area contributed by atoms with Gasteiger partial charge in [0.05, 0.1) is 18.3 Å². The summed E-state index contributed by atoms with van der Waals surface area (Å²) in [5.41, 5.74) is 2.04. The van der Waals surface area contributed by atoms with Crippen LogP contribution in [-0.2, 0) is 17.8 Å². The number of urea groups is 1. The Hall–Kier alpha value is -2.14. The third-order valence-corrected chi connectivity index (χ3v) is 5.64. The Kier molecular flexibility index (Phi) is 4.93. The van der Waals surface area contributed by atoms with Gasteiger partial charge in [-0.3, -0.25) is 0 Å². The van der Waals surface area contributed by atoms with Crippen LogP contribution in [0, 0.1) is 17.8 Å². The van der Waals surface area contributed by atoms with Crippen molar-refractivity contribution in [3.05, 3.63) is 17.0 Å². The Morgan fingerprint density at radius 2 is 2.19 bits per heavy atom. The maximum atomic E-state index is 12.6. The Morgan fingerprint density at radius 1 is 1.42 bits per heavy atom. The third kappa shape index (κ3) is 3.98. The van der Waals surface area contributed by atoms with E-state index in [4.69, 9.17) is 4.52 Å². The molecule has 2 aliphatic rings. The molecule has 0 bridgehead atoms. The molecule has 1 aliphatic heterocycles. The van der Waals surface area contributed by atoms with Crippen molar-refractivity contribution in [2.75, 3.05) is 13.1 Å². The minimum absolute atomic E-state index is 0.0205. The fraction of sp³-hybridized carbons (Fsp3) is 0.737. The molecule has 1 aromatic heterocycles. The van der Waals surface area contributed by atoms with Gasteiger partial charge in [-0.2, -0.15) is 0 Å². The quantitative estimate of drug-likeness (QED) is 0.663. The van der Waals surface area contributed by atoms with Crippen LogP contribution in [0.15, 0.2) is 9.52 Å². The first-order valence-corrected chi connectivity index (χ1v) is 9.25. The van der Waals surface area contributed by atoms with Crippen molar-refractivity contribution < 1.29 is 14.1 Å². The minimum Gasteiger partial charge on any atom is -0.359 e. The lowest BCUT2D eigenvalue weighted by Gasteiger charge is -2.45. The van der Waals surface area contributed by atoms with Gasteiger partial charge in [0.1, 0.15) is 0 Å². The predicted octanol–water partition coefficient (Wildman–Crippen LogP) is 2.97. The molecule has 1 aliphatic carbocycles. The van der Waals surface area contributed by atoms with Gasteiger partial charge in [-0.1, -0.05) is 25.9 Å². The second-order valence-electron chi connectivity index (χ2n) is 8.93. The van der Waals surface area contributed by atoms with Crippen LogP contribution < -0.4 is 5.32 Å². The molecule has 1 N–H and O–H groups in total. The largest absolute Gasteiger partial charge is 0.359 e. The molecule has 2 atom stereocenters. The van der Waals surface area contributed by atoms with Gasteiger partial charge < -0.3 is 14.7 Å². The van der Waals surface area contributed by atoms with E-state index in [1.54, 1.807) is 11.0 Å². The lowest BCUT2D eigenvalue weighted by atomic mass is 9.63. The van der Waals surface area contributed by atoms with Crippen LogP contribution >= 0.6 is 0 Å². The molecule has 0 saturated heterocycles. The number of carbonyl (C=O) groups excluding carboxylic acids is 2. The monoisotopic (exact) mass is 360 g/mol. The molecule has 2 amide bonds. The first-order chi connectivity index (χ1) is 12.2. The Morgan fingerprint density at radius 3 is 2.92 bits per heavy atom. The van der Waals surface area contributed by atoms with E-state index in [-0.39, 0.29) is 22.9 Å². The van der Waals surface area contributed by atoms with Crippen molar-refractivity contribution in [3.8, 4) is 0 Å². The minimum atomic E-state index is -0.0911. The van der Waals surface area contributed by atoms with Crippen LogP contribution in [0.2, 0.25) is 0 Å². The lowest BCUT2D eigenvalue weighted by molar-refractivity contribution is 0.0826. The molecule has 7 heteroatoms. The summed E-state index contributed by atoms with van der Waals surface area (Å²) in [6, 6.07) is -0.0994. The molecule has 3 rings (SSSR count). The predicted molar refractivity (Wildman–Crippen MR) is 96.4 cm³/mol. The average Bonchev–Trinajstić information content (AvgIpc) is 2.92. The summed E-state index contributed by atoms with van der Waals surface area (Å²) in [6.45, 7) is 10.2. The lowest BCUT2D eigenvalue weighted by Crippen LogP contribution is -2.49. The van der Waals surface area contributed by atoms with E-state index in [0.717, 1.165) is 42.7 Å². The molecule has 26 heavy (non-hydrogen) atoms. The van der Waals surface area contributed by atoms with Gasteiger partial charge in [0, 0.05) is 18.7 Å². The summed E-state index contributed by atoms with van der Waals surface area (Å²) in [6.07, 6.45) is 5.13. The Bertz CT molecular complexity index is 735. The molecular weight excluding hydrogens is 332 g/mol. The highest BCUT2D eigenvalue weighted by atomic mass is 16.5. The maximum Gasteiger partial charge on any atom is 0.317 e. The number of aliphatic imine (C=N–C) groups is 1. The van der Waals surface area contributed by atoms with E-state index >= 15 is 0 Å². The summed E-state index contributed by atoms with van der Waals surface area (Å²) in [7, 11) is 0. The molecule has 7 nitrogen and oxygen atoms in total. The highest BCUT2D eigenvalue weighted by molar-refractivity contribution is 5.74. The maximum absolute atomic E-state index is 12.6. The van der Waals surface area contributed by atoms with Crippen LogP contribution in [0.5, 0.6) is 0 Å². The number of carbonyl (C=O) groups is 1. The van der Waals surface area contributed by atoms with Crippen molar-refractivity contribution in [2.24, 2.45) is 15.8 Å². The zero-order valence-electron chi connectivity index (χ0n) is 16.1. The molecule has 0 spiro atoms. The fourth-order valence-corrected chi connectivity index (χ4v) is 4.83. The summed E-state index contributed by atoms with van der Waals surface area (Å²) >= 11 is 0.